The summed E-state index contributed by atoms with van der Waals surface area (Å²) in [4.78, 5) is 24.3. The van der Waals surface area contributed by atoms with Crippen LogP contribution in [0.15, 0.2) is 36.4 Å². The molecule has 1 heterocycles. The molecule has 1 aliphatic rings. The molecule has 0 aliphatic carbocycles. The number of hydrogen-bond donors (Lipinski definition) is 1. The zero-order valence-electron chi connectivity index (χ0n) is 14.5. The summed E-state index contributed by atoms with van der Waals surface area (Å²) in [6.07, 6.45) is 1.03. The predicted octanol–water partition coefficient (Wildman–Crippen LogP) is 4.41. The van der Waals surface area contributed by atoms with Crippen molar-refractivity contribution in [1.82, 2.24) is 0 Å². The van der Waals surface area contributed by atoms with Crippen molar-refractivity contribution >= 4 is 29.0 Å². The highest BCUT2D eigenvalue weighted by atomic mass is 35.5. The van der Waals surface area contributed by atoms with Crippen LogP contribution in [0, 0.1) is 6.92 Å². The third-order valence-corrected chi connectivity index (χ3v) is 4.53. The fourth-order valence-electron chi connectivity index (χ4n) is 2.66. The van der Waals surface area contributed by atoms with Gasteiger partial charge in [-0.3, -0.25) is 9.59 Å². The molecule has 0 bridgehead atoms. The van der Waals surface area contributed by atoms with Crippen molar-refractivity contribution in [2.24, 2.45) is 0 Å². The minimum atomic E-state index is -0.139. The number of rotatable bonds is 6. The number of carbonyl (C=O) groups is 2. The molecule has 26 heavy (non-hydrogen) atoms. The first-order chi connectivity index (χ1) is 12.5. The Morgan fingerprint density at radius 1 is 1.04 bits per heavy atom. The summed E-state index contributed by atoms with van der Waals surface area (Å²) in [7, 11) is 0. The molecule has 1 amide bonds. The van der Waals surface area contributed by atoms with Crippen molar-refractivity contribution in [1.29, 1.82) is 0 Å². The fourth-order valence-corrected chi connectivity index (χ4v) is 2.85. The Kier molecular flexibility index (Phi) is 5.78. The van der Waals surface area contributed by atoms with Crippen LogP contribution in [0.3, 0.4) is 0 Å². The van der Waals surface area contributed by atoms with Gasteiger partial charge in [0.15, 0.2) is 17.3 Å². The highest BCUT2D eigenvalue weighted by molar-refractivity contribution is 6.31. The van der Waals surface area contributed by atoms with Crippen LogP contribution in [0.2, 0.25) is 5.02 Å². The highest BCUT2D eigenvalue weighted by Gasteiger charge is 2.15. The Bertz CT molecular complexity index is 835. The Morgan fingerprint density at radius 2 is 1.81 bits per heavy atom. The zero-order chi connectivity index (χ0) is 18.5. The summed E-state index contributed by atoms with van der Waals surface area (Å²) >= 11 is 6.05. The van der Waals surface area contributed by atoms with Gasteiger partial charge in [0.2, 0.25) is 5.91 Å². The van der Waals surface area contributed by atoms with Gasteiger partial charge in [0, 0.05) is 29.1 Å². The number of anilines is 1. The van der Waals surface area contributed by atoms with E-state index in [0.29, 0.717) is 53.8 Å². The lowest BCUT2D eigenvalue weighted by molar-refractivity contribution is -0.116. The first kappa shape index (κ1) is 18.3. The topological polar surface area (TPSA) is 64.6 Å². The maximum atomic E-state index is 12.3. The second-order valence-electron chi connectivity index (χ2n) is 6.15. The van der Waals surface area contributed by atoms with Gasteiger partial charge in [-0.2, -0.15) is 0 Å². The maximum absolute atomic E-state index is 12.3. The molecular weight excluding hydrogens is 354 g/mol. The second-order valence-corrected chi connectivity index (χ2v) is 6.55. The van der Waals surface area contributed by atoms with Crippen LogP contribution in [0.25, 0.3) is 0 Å². The minimum absolute atomic E-state index is 0.0202. The molecule has 6 heteroatoms. The molecule has 0 atom stereocenters. The van der Waals surface area contributed by atoms with Crippen LogP contribution in [0.4, 0.5) is 5.69 Å². The third kappa shape index (κ3) is 4.55. The maximum Gasteiger partial charge on any atom is 0.224 e. The highest BCUT2D eigenvalue weighted by Crippen LogP contribution is 2.31. The molecule has 0 saturated heterocycles. The van der Waals surface area contributed by atoms with Gasteiger partial charge in [-0.15, -0.1) is 0 Å². The van der Waals surface area contributed by atoms with Gasteiger partial charge in [-0.25, -0.2) is 0 Å². The van der Waals surface area contributed by atoms with Crippen molar-refractivity contribution in [3.63, 3.8) is 0 Å². The minimum Gasteiger partial charge on any atom is -0.486 e. The molecule has 2 aromatic carbocycles. The van der Waals surface area contributed by atoms with Crippen LogP contribution >= 0.6 is 11.6 Å². The molecule has 5 nitrogen and oxygen atoms in total. The van der Waals surface area contributed by atoms with Crippen molar-refractivity contribution in [3.05, 3.63) is 52.5 Å². The van der Waals surface area contributed by atoms with Crippen LogP contribution in [-0.2, 0) is 4.79 Å². The van der Waals surface area contributed by atoms with E-state index in [2.05, 4.69) is 5.32 Å². The van der Waals surface area contributed by atoms with Gasteiger partial charge in [-0.1, -0.05) is 17.7 Å². The lowest BCUT2D eigenvalue weighted by Crippen LogP contribution is -2.16. The molecule has 0 aromatic heterocycles. The van der Waals surface area contributed by atoms with Crippen LogP contribution < -0.4 is 14.8 Å². The van der Waals surface area contributed by atoms with Crippen molar-refractivity contribution in [2.75, 3.05) is 18.5 Å². The normalized spacial score (nSPS) is 12.5. The quantitative estimate of drug-likeness (QED) is 0.761. The Morgan fingerprint density at radius 3 is 2.58 bits per heavy atom. The van der Waals surface area contributed by atoms with E-state index in [9.17, 15) is 9.59 Å². The zero-order valence-corrected chi connectivity index (χ0v) is 15.3. The van der Waals surface area contributed by atoms with E-state index < -0.39 is 0 Å². The molecule has 0 unspecified atom stereocenters. The van der Waals surface area contributed by atoms with E-state index in [1.54, 1.807) is 30.3 Å². The molecule has 0 radical (unpaired) electrons. The van der Waals surface area contributed by atoms with E-state index in [4.69, 9.17) is 21.1 Å². The van der Waals surface area contributed by atoms with E-state index in [1.165, 1.54) is 0 Å². The Balaban J connectivity index is 1.48. The number of ketones is 1. The van der Waals surface area contributed by atoms with Crippen molar-refractivity contribution in [2.45, 2.75) is 26.2 Å². The standard InChI is InChI=1S/C20H20ClNO4/c1-13-5-7-15(12-16(13)21)22-20(24)4-2-3-17(23)14-6-8-18-19(11-14)26-10-9-25-18/h5-8,11-12H,2-4,9-10H2,1H3,(H,22,24). The number of halogens is 1. The molecule has 136 valence electrons. The summed E-state index contributed by atoms with van der Waals surface area (Å²) in [5.74, 6) is 1.09. The molecule has 2 aromatic rings. The molecule has 0 fully saturated rings. The number of nitrogens with one attached hydrogen (secondary N) is 1. The van der Waals surface area contributed by atoms with Crippen molar-refractivity contribution < 1.29 is 19.1 Å². The molecule has 0 spiro atoms. The van der Waals surface area contributed by atoms with Gasteiger partial charge in [0.05, 0.1) is 0 Å². The predicted molar refractivity (Wildman–Crippen MR) is 100 cm³/mol. The number of Topliss-reactive ketones (excluding diaryl/α,β-unsaturated/α-hetero) is 1. The SMILES string of the molecule is Cc1ccc(NC(=O)CCCC(=O)c2ccc3c(c2)OCCO3)cc1Cl. The van der Waals surface area contributed by atoms with Crippen LogP contribution in [0.1, 0.15) is 35.2 Å². The first-order valence-electron chi connectivity index (χ1n) is 8.52. The first-order valence-corrected chi connectivity index (χ1v) is 8.89. The van der Waals surface area contributed by atoms with Crippen LogP contribution in [0.5, 0.6) is 11.5 Å². The smallest absolute Gasteiger partial charge is 0.224 e. The van der Waals surface area contributed by atoms with Gasteiger partial charge in [-0.05, 0) is 49.2 Å². The van der Waals surface area contributed by atoms with Crippen molar-refractivity contribution in [3.8, 4) is 11.5 Å². The summed E-state index contributed by atoms with van der Waals surface area (Å²) in [5, 5.41) is 3.40. The van der Waals surface area contributed by atoms with Gasteiger partial charge < -0.3 is 14.8 Å². The van der Waals surface area contributed by atoms with Gasteiger partial charge in [0.25, 0.3) is 0 Å². The summed E-state index contributed by atoms with van der Waals surface area (Å²) in [6, 6.07) is 10.5. The summed E-state index contributed by atoms with van der Waals surface area (Å²) in [5.41, 5.74) is 2.18. The second kappa shape index (κ2) is 8.23. The molecule has 3 rings (SSSR count). The lowest BCUT2D eigenvalue weighted by Gasteiger charge is -2.18. The summed E-state index contributed by atoms with van der Waals surface area (Å²) in [6.45, 7) is 2.90. The number of amides is 1. The number of fused-ring (bicyclic) bond motifs is 1. The molecule has 1 N–H and O–H groups in total. The van der Waals surface area contributed by atoms with E-state index in [-0.39, 0.29) is 18.1 Å². The van der Waals surface area contributed by atoms with Gasteiger partial charge in [0.1, 0.15) is 13.2 Å². The number of carbonyl (C=O) groups excluding carboxylic acids is 2. The fraction of sp³-hybridized carbons (Fsp3) is 0.300. The third-order valence-electron chi connectivity index (χ3n) is 4.13. The average Bonchev–Trinajstić information content (AvgIpc) is 2.64. The Labute approximate surface area is 157 Å². The summed E-state index contributed by atoms with van der Waals surface area (Å²) < 4.78 is 10.9. The lowest BCUT2D eigenvalue weighted by atomic mass is 10.0. The van der Waals surface area contributed by atoms with E-state index in [0.717, 1.165) is 5.56 Å². The average molecular weight is 374 g/mol. The number of aryl methyl sites for hydroxylation is 1. The Hall–Kier alpha value is -2.53. The van der Waals surface area contributed by atoms with E-state index in [1.807, 2.05) is 13.0 Å². The van der Waals surface area contributed by atoms with E-state index >= 15 is 0 Å². The monoisotopic (exact) mass is 373 g/mol. The molecule has 0 saturated carbocycles. The number of ether oxygens (including phenoxy) is 2. The largest absolute Gasteiger partial charge is 0.486 e. The molecular formula is C20H20ClNO4. The van der Waals surface area contributed by atoms with Crippen LogP contribution in [-0.4, -0.2) is 24.9 Å². The van der Waals surface area contributed by atoms with Gasteiger partial charge >= 0.3 is 0 Å². The number of hydrogen-bond acceptors (Lipinski definition) is 4. The number of benzene rings is 2. The molecule has 1 aliphatic heterocycles.